The Morgan fingerprint density at radius 1 is 0.714 bits per heavy atom. The summed E-state index contributed by atoms with van der Waals surface area (Å²) in [7, 11) is 0. The number of rotatable bonds is 13. The highest BCUT2D eigenvalue weighted by Gasteiger charge is 1.95. The lowest BCUT2D eigenvalue weighted by atomic mass is 10.0. The molecule has 0 saturated carbocycles. The average molecular weight is 289 g/mol. The van der Waals surface area contributed by atoms with Gasteiger partial charge in [0.1, 0.15) is 0 Å². The quantitative estimate of drug-likeness (QED) is 0.509. The number of aryl methyl sites for hydroxylation is 1. The molecular weight excluding hydrogens is 260 g/mol. The zero-order valence-electron chi connectivity index (χ0n) is 13.2. The van der Waals surface area contributed by atoms with Crippen molar-refractivity contribution in [1.29, 1.82) is 0 Å². The molecule has 21 heavy (non-hydrogen) atoms. The number of unbranched alkanes of at least 4 members (excludes halogenated alkanes) is 9. The second-order valence-electron chi connectivity index (χ2n) is 5.89. The molecule has 1 aromatic rings. The molecule has 1 rings (SSSR count). The third kappa shape index (κ3) is 11.1. The Morgan fingerprint density at radius 2 is 1.19 bits per heavy atom. The van der Waals surface area contributed by atoms with E-state index >= 15 is 0 Å². The number of hydrogen-bond acceptors (Lipinski definition) is 2. The molecule has 2 nitrogen and oxygen atoms in total. The minimum absolute atomic E-state index is 0.224. The van der Waals surface area contributed by atoms with Gasteiger partial charge in [-0.3, -0.25) is 0 Å². The van der Waals surface area contributed by atoms with E-state index in [0.717, 1.165) is 12.8 Å². The molecule has 0 aromatic heterocycles. The van der Waals surface area contributed by atoms with Crippen LogP contribution in [0.4, 0.5) is 0 Å². The molecule has 0 aliphatic rings. The van der Waals surface area contributed by atoms with Crippen LogP contribution in [0, 0.1) is 0 Å². The monoisotopic (exact) mass is 289 g/mol. The summed E-state index contributed by atoms with van der Waals surface area (Å²) in [5.74, 6) is -0.912. The third-order valence-electron chi connectivity index (χ3n) is 3.94. The van der Waals surface area contributed by atoms with Gasteiger partial charge in [-0.05, 0) is 31.2 Å². The van der Waals surface area contributed by atoms with E-state index in [-0.39, 0.29) is 6.42 Å². The highest BCUT2D eigenvalue weighted by Crippen LogP contribution is 2.12. The summed E-state index contributed by atoms with van der Waals surface area (Å²) in [4.78, 5) is 10.2. The molecule has 0 bridgehead atoms. The molecule has 0 unspecified atom stereocenters. The van der Waals surface area contributed by atoms with Crippen LogP contribution < -0.4 is 5.11 Å². The fourth-order valence-corrected chi connectivity index (χ4v) is 2.66. The molecule has 0 atom stereocenters. The number of benzene rings is 1. The Morgan fingerprint density at radius 3 is 1.71 bits per heavy atom. The lowest BCUT2D eigenvalue weighted by Crippen LogP contribution is -2.21. The van der Waals surface area contributed by atoms with Gasteiger partial charge >= 0.3 is 0 Å². The third-order valence-corrected chi connectivity index (χ3v) is 3.94. The number of carboxylic acid groups (broad SMARTS) is 1. The van der Waals surface area contributed by atoms with E-state index in [2.05, 4.69) is 30.3 Å². The second kappa shape index (κ2) is 12.4. The number of carbonyl (C=O) groups is 1. The molecule has 0 amide bonds. The standard InChI is InChI=1S/C19H30O2/c20-19(21)17-13-8-6-4-2-1-3-5-7-10-14-18-15-11-9-12-16-18/h9,11-12,15-16H,1-8,10,13-14,17H2,(H,20,21)/p-1. The average Bonchev–Trinajstić information content (AvgIpc) is 2.49. The predicted molar refractivity (Wildman–Crippen MR) is 85.9 cm³/mol. The van der Waals surface area contributed by atoms with Crippen LogP contribution in [0.25, 0.3) is 0 Å². The highest BCUT2D eigenvalue weighted by atomic mass is 16.4. The Labute approximate surface area is 129 Å². The lowest BCUT2D eigenvalue weighted by molar-refractivity contribution is -0.305. The van der Waals surface area contributed by atoms with Gasteiger partial charge in [0.25, 0.3) is 0 Å². The van der Waals surface area contributed by atoms with Crippen molar-refractivity contribution in [2.45, 2.75) is 77.0 Å². The number of carbonyl (C=O) groups excluding carboxylic acids is 1. The van der Waals surface area contributed by atoms with E-state index in [1.807, 2.05) is 0 Å². The van der Waals surface area contributed by atoms with Crippen molar-refractivity contribution in [3.05, 3.63) is 35.9 Å². The smallest absolute Gasteiger partial charge is 0.0414 e. The van der Waals surface area contributed by atoms with Crippen molar-refractivity contribution < 1.29 is 9.90 Å². The van der Waals surface area contributed by atoms with E-state index in [1.54, 1.807) is 0 Å². The summed E-state index contributed by atoms with van der Waals surface area (Å²) in [5.41, 5.74) is 1.45. The molecule has 0 aliphatic heterocycles. The van der Waals surface area contributed by atoms with Crippen molar-refractivity contribution in [3.63, 3.8) is 0 Å². The first-order valence-corrected chi connectivity index (χ1v) is 8.53. The molecular formula is C19H29O2-. The van der Waals surface area contributed by atoms with Crippen LogP contribution in [-0.4, -0.2) is 5.97 Å². The molecule has 0 saturated heterocycles. The lowest BCUT2D eigenvalue weighted by Gasteiger charge is -2.04. The SMILES string of the molecule is O=C([O-])CCCCCCCCCCCCc1ccccc1. The Hall–Kier alpha value is -1.31. The van der Waals surface area contributed by atoms with Crippen LogP contribution in [0.2, 0.25) is 0 Å². The first-order valence-electron chi connectivity index (χ1n) is 8.53. The predicted octanol–water partition coefficient (Wildman–Crippen LogP) is 4.27. The minimum atomic E-state index is -0.912. The van der Waals surface area contributed by atoms with Crippen LogP contribution >= 0.6 is 0 Å². The number of aliphatic carboxylic acids is 1. The fraction of sp³-hybridized carbons (Fsp3) is 0.632. The van der Waals surface area contributed by atoms with Crippen molar-refractivity contribution >= 4 is 5.97 Å². The largest absolute Gasteiger partial charge is 0.550 e. The van der Waals surface area contributed by atoms with E-state index < -0.39 is 5.97 Å². The van der Waals surface area contributed by atoms with Gasteiger partial charge < -0.3 is 9.90 Å². The second-order valence-corrected chi connectivity index (χ2v) is 5.89. The van der Waals surface area contributed by atoms with E-state index in [4.69, 9.17) is 0 Å². The van der Waals surface area contributed by atoms with Crippen molar-refractivity contribution in [2.24, 2.45) is 0 Å². The van der Waals surface area contributed by atoms with Crippen molar-refractivity contribution in [3.8, 4) is 0 Å². The maximum Gasteiger partial charge on any atom is 0.0414 e. The molecule has 2 heteroatoms. The molecule has 0 heterocycles. The number of hydrogen-bond donors (Lipinski definition) is 0. The Bertz CT molecular complexity index is 359. The minimum Gasteiger partial charge on any atom is -0.550 e. The van der Waals surface area contributed by atoms with Crippen LogP contribution in [0.15, 0.2) is 30.3 Å². The molecule has 0 N–H and O–H groups in total. The van der Waals surface area contributed by atoms with Gasteiger partial charge in [-0.25, -0.2) is 0 Å². The molecule has 0 fully saturated rings. The summed E-state index contributed by atoms with van der Waals surface area (Å²) in [6.07, 6.45) is 13.6. The normalized spacial score (nSPS) is 10.7. The summed E-state index contributed by atoms with van der Waals surface area (Å²) >= 11 is 0. The molecule has 1 aromatic carbocycles. The van der Waals surface area contributed by atoms with Gasteiger partial charge in [0.05, 0.1) is 0 Å². The van der Waals surface area contributed by atoms with Crippen molar-refractivity contribution in [2.75, 3.05) is 0 Å². The molecule has 0 spiro atoms. The van der Waals surface area contributed by atoms with E-state index in [9.17, 15) is 9.90 Å². The van der Waals surface area contributed by atoms with Crippen molar-refractivity contribution in [1.82, 2.24) is 0 Å². The molecule has 0 aliphatic carbocycles. The van der Waals surface area contributed by atoms with Gasteiger partial charge in [0, 0.05) is 5.97 Å². The Kier molecular flexibility index (Phi) is 10.5. The summed E-state index contributed by atoms with van der Waals surface area (Å²) in [6, 6.07) is 10.7. The van der Waals surface area contributed by atoms with Crippen LogP contribution in [-0.2, 0) is 11.2 Å². The van der Waals surface area contributed by atoms with Crippen LogP contribution in [0.5, 0.6) is 0 Å². The van der Waals surface area contributed by atoms with Gasteiger partial charge in [0.15, 0.2) is 0 Å². The first-order chi connectivity index (χ1) is 10.3. The van der Waals surface area contributed by atoms with Gasteiger partial charge in [-0.2, -0.15) is 0 Å². The number of carboxylic acids is 1. The van der Waals surface area contributed by atoms with Gasteiger partial charge in [-0.15, -0.1) is 0 Å². The maximum atomic E-state index is 10.2. The van der Waals surface area contributed by atoms with E-state index in [0.29, 0.717) is 0 Å². The zero-order valence-corrected chi connectivity index (χ0v) is 13.2. The Balaban J connectivity index is 1.78. The summed E-state index contributed by atoms with van der Waals surface area (Å²) in [5, 5.41) is 10.2. The van der Waals surface area contributed by atoms with E-state index in [1.165, 1.54) is 63.4 Å². The fourth-order valence-electron chi connectivity index (χ4n) is 2.66. The summed E-state index contributed by atoms with van der Waals surface area (Å²) < 4.78 is 0. The highest BCUT2D eigenvalue weighted by molar-refractivity contribution is 5.63. The zero-order chi connectivity index (χ0) is 15.2. The maximum absolute atomic E-state index is 10.2. The summed E-state index contributed by atoms with van der Waals surface area (Å²) in [6.45, 7) is 0. The van der Waals surface area contributed by atoms with Gasteiger partial charge in [0.2, 0.25) is 0 Å². The van der Waals surface area contributed by atoms with Gasteiger partial charge in [-0.1, -0.05) is 81.7 Å². The first kappa shape index (κ1) is 17.7. The van der Waals surface area contributed by atoms with Crippen LogP contribution in [0.1, 0.15) is 76.2 Å². The molecule has 0 radical (unpaired) electrons. The van der Waals surface area contributed by atoms with Crippen LogP contribution in [0.3, 0.4) is 0 Å². The topological polar surface area (TPSA) is 40.1 Å². The molecule has 118 valence electrons.